The van der Waals surface area contributed by atoms with Gasteiger partial charge in [0.2, 0.25) is 0 Å². The largest absolute Gasteiger partial charge is 0.310 e. The highest BCUT2D eigenvalue weighted by Crippen LogP contribution is 2.46. The number of nitrogens with zero attached hydrogens (tertiary/aromatic N) is 2. The van der Waals surface area contributed by atoms with E-state index < -0.39 is 0 Å². The molecule has 12 aromatic rings. The maximum Gasteiger partial charge on any atom is 0.0541 e. The first-order valence-electron chi connectivity index (χ1n) is 20.8. The van der Waals surface area contributed by atoms with Gasteiger partial charge in [-0.15, -0.1) is 11.3 Å². The van der Waals surface area contributed by atoms with Gasteiger partial charge in [0.15, 0.2) is 0 Å². The van der Waals surface area contributed by atoms with Crippen LogP contribution in [0.4, 0.5) is 17.1 Å². The summed E-state index contributed by atoms with van der Waals surface area (Å²) in [6, 6.07) is 84.1. The summed E-state index contributed by atoms with van der Waals surface area (Å²) in [4.78, 5) is 2.42. The average molecular weight is 795 g/mol. The quantitative estimate of drug-likeness (QED) is 0.156. The molecule has 61 heavy (non-hydrogen) atoms. The Hall–Kier alpha value is -7.72. The number of rotatable bonds is 7. The third kappa shape index (κ3) is 5.93. The lowest BCUT2D eigenvalue weighted by molar-refractivity contribution is 1.17. The van der Waals surface area contributed by atoms with Crippen molar-refractivity contribution in [2.75, 3.05) is 4.90 Å². The molecule has 0 saturated carbocycles. The number of benzene rings is 10. The SMILES string of the molecule is c1ccc(N(c2ccc(-c3ccc(-c4cccc5ccccc45)cc3)cc2)c2ccc(-n3c4ccccc4c4ccccc43)cc2)c(-c2cccc3sc4ccccc4c23)c1. The molecule has 0 amide bonds. The molecule has 2 nitrogen and oxygen atoms in total. The van der Waals surface area contributed by atoms with Crippen molar-refractivity contribution in [2.24, 2.45) is 0 Å². The van der Waals surface area contributed by atoms with Crippen molar-refractivity contribution in [1.29, 1.82) is 0 Å². The molecule has 0 atom stereocenters. The zero-order chi connectivity index (χ0) is 40.3. The lowest BCUT2D eigenvalue weighted by Crippen LogP contribution is -2.11. The van der Waals surface area contributed by atoms with Crippen molar-refractivity contribution in [1.82, 2.24) is 4.57 Å². The lowest BCUT2D eigenvalue weighted by Gasteiger charge is -2.28. The number of thiophene rings is 1. The van der Waals surface area contributed by atoms with E-state index in [0.29, 0.717) is 0 Å². The molecular weight excluding hydrogens is 757 g/mol. The first-order chi connectivity index (χ1) is 30.3. The minimum absolute atomic E-state index is 1.09. The van der Waals surface area contributed by atoms with Crippen LogP contribution in [0, 0.1) is 0 Å². The Morgan fingerprint density at radius 3 is 1.56 bits per heavy atom. The topological polar surface area (TPSA) is 8.17 Å². The number of aromatic nitrogens is 1. The van der Waals surface area contributed by atoms with Gasteiger partial charge in [-0.1, -0.05) is 164 Å². The van der Waals surface area contributed by atoms with Gasteiger partial charge >= 0.3 is 0 Å². The highest BCUT2D eigenvalue weighted by Gasteiger charge is 2.21. The van der Waals surface area contributed by atoms with Crippen LogP contribution in [0.2, 0.25) is 0 Å². The fourth-order valence-electron chi connectivity index (χ4n) is 9.40. The predicted octanol–water partition coefficient (Wildman–Crippen LogP) is 16.8. The Kier molecular flexibility index (Phi) is 8.39. The van der Waals surface area contributed by atoms with Gasteiger partial charge in [0.25, 0.3) is 0 Å². The van der Waals surface area contributed by atoms with E-state index in [4.69, 9.17) is 0 Å². The van der Waals surface area contributed by atoms with Crippen molar-refractivity contribution >= 4 is 81.1 Å². The molecule has 0 saturated heterocycles. The van der Waals surface area contributed by atoms with E-state index in [1.807, 2.05) is 11.3 Å². The molecule has 0 N–H and O–H groups in total. The normalized spacial score (nSPS) is 11.6. The highest BCUT2D eigenvalue weighted by atomic mass is 32.1. The molecule has 0 aliphatic carbocycles. The molecule has 0 radical (unpaired) electrons. The fourth-order valence-corrected chi connectivity index (χ4v) is 10.5. The molecule has 286 valence electrons. The first kappa shape index (κ1) is 35.2. The third-order valence-corrected chi connectivity index (χ3v) is 13.4. The van der Waals surface area contributed by atoms with Gasteiger partial charge in [-0.05, 0) is 105 Å². The Balaban J connectivity index is 0.982. The van der Waals surface area contributed by atoms with E-state index in [0.717, 1.165) is 22.7 Å². The lowest BCUT2D eigenvalue weighted by atomic mass is 9.96. The molecule has 2 heterocycles. The van der Waals surface area contributed by atoms with Crippen LogP contribution in [-0.2, 0) is 0 Å². The van der Waals surface area contributed by atoms with Gasteiger partial charge in [-0.2, -0.15) is 0 Å². The smallest absolute Gasteiger partial charge is 0.0541 e. The van der Waals surface area contributed by atoms with Crippen molar-refractivity contribution in [3.05, 3.63) is 231 Å². The average Bonchev–Trinajstić information content (AvgIpc) is 3.88. The van der Waals surface area contributed by atoms with Crippen molar-refractivity contribution in [3.8, 4) is 39.1 Å². The van der Waals surface area contributed by atoms with E-state index in [9.17, 15) is 0 Å². The van der Waals surface area contributed by atoms with Gasteiger partial charge in [0.1, 0.15) is 0 Å². The Morgan fingerprint density at radius 2 is 0.820 bits per heavy atom. The molecule has 10 aromatic carbocycles. The highest BCUT2D eigenvalue weighted by molar-refractivity contribution is 7.25. The van der Waals surface area contributed by atoms with Crippen LogP contribution >= 0.6 is 11.3 Å². The van der Waals surface area contributed by atoms with Crippen molar-refractivity contribution < 1.29 is 0 Å². The fraction of sp³-hybridized carbons (Fsp3) is 0. The van der Waals surface area contributed by atoms with Gasteiger partial charge in [-0.3, -0.25) is 0 Å². The van der Waals surface area contributed by atoms with Crippen LogP contribution in [0.3, 0.4) is 0 Å². The Bertz CT molecular complexity index is 3520. The molecule has 0 fully saturated rings. The van der Waals surface area contributed by atoms with Gasteiger partial charge in [0.05, 0.1) is 16.7 Å². The van der Waals surface area contributed by atoms with Crippen molar-refractivity contribution in [3.63, 3.8) is 0 Å². The van der Waals surface area contributed by atoms with Gasteiger partial charge in [-0.25, -0.2) is 0 Å². The zero-order valence-corrected chi connectivity index (χ0v) is 34.1. The molecule has 0 aliphatic rings. The summed E-state index contributed by atoms with van der Waals surface area (Å²) in [6.07, 6.45) is 0. The van der Waals surface area contributed by atoms with Crippen LogP contribution in [0.15, 0.2) is 231 Å². The van der Waals surface area contributed by atoms with E-state index in [1.54, 1.807) is 0 Å². The third-order valence-electron chi connectivity index (χ3n) is 12.2. The van der Waals surface area contributed by atoms with Crippen LogP contribution in [0.25, 0.3) is 91.8 Å². The van der Waals surface area contributed by atoms with Gasteiger partial charge in [0, 0.05) is 53.6 Å². The van der Waals surface area contributed by atoms with E-state index in [1.165, 1.54) is 86.1 Å². The monoisotopic (exact) mass is 794 g/mol. The number of anilines is 3. The maximum absolute atomic E-state index is 2.42. The zero-order valence-electron chi connectivity index (χ0n) is 33.2. The Morgan fingerprint density at radius 1 is 0.328 bits per heavy atom. The molecule has 0 aliphatic heterocycles. The second-order valence-corrected chi connectivity index (χ2v) is 16.8. The van der Waals surface area contributed by atoms with Crippen LogP contribution in [-0.4, -0.2) is 4.57 Å². The van der Waals surface area contributed by atoms with Crippen LogP contribution in [0.1, 0.15) is 0 Å². The van der Waals surface area contributed by atoms with E-state index in [2.05, 4.69) is 240 Å². The number of fused-ring (bicyclic) bond motifs is 7. The van der Waals surface area contributed by atoms with Crippen molar-refractivity contribution in [2.45, 2.75) is 0 Å². The summed E-state index contributed by atoms with van der Waals surface area (Å²) in [5.74, 6) is 0. The molecule has 12 rings (SSSR count). The molecule has 0 spiro atoms. The van der Waals surface area contributed by atoms with Crippen LogP contribution in [0.5, 0.6) is 0 Å². The van der Waals surface area contributed by atoms with Gasteiger partial charge < -0.3 is 9.47 Å². The van der Waals surface area contributed by atoms with Crippen LogP contribution < -0.4 is 4.90 Å². The number of hydrogen-bond acceptors (Lipinski definition) is 2. The summed E-state index contributed by atoms with van der Waals surface area (Å²) >= 11 is 1.86. The predicted molar refractivity (Wildman–Crippen MR) is 262 cm³/mol. The molecule has 3 heteroatoms. The second kappa shape index (κ2) is 14.5. The molecule has 0 unspecified atom stereocenters. The maximum atomic E-state index is 2.42. The summed E-state index contributed by atoms with van der Waals surface area (Å²) < 4.78 is 4.99. The minimum Gasteiger partial charge on any atom is -0.310 e. The number of hydrogen-bond donors (Lipinski definition) is 0. The number of para-hydroxylation sites is 3. The standard InChI is InChI=1S/C58H38N2S/c1-2-15-46-41(13-1)14-11-20-47(46)42-29-27-39(28-30-42)40-31-33-43(34-32-40)59(44-35-37-45(38-36-44)60-54-23-8-3-16-48(54)49-17-4-9-24-55(49)60)53-22-7-5-18-50(53)51-21-12-26-57-58(51)52-19-6-10-25-56(52)61-57/h1-38H. The summed E-state index contributed by atoms with van der Waals surface area (Å²) in [6.45, 7) is 0. The summed E-state index contributed by atoms with van der Waals surface area (Å²) in [7, 11) is 0. The Labute approximate surface area is 358 Å². The second-order valence-electron chi connectivity index (χ2n) is 15.7. The molecule has 0 bridgehead atoms. The van der Waals surface area contributed by atoms with E-state index in [-0.39, 0.29) is 0 Å². The summed E-state index contributed by atoms with van der Waals surface area (Å²) in [5.41, 5.74) is 14.1. The first-order valence-corrected chi connectivity index (χ1v) is 21.7. The molecular formula is C58H38N2S. The summed E-state index contributed by atoms with van der Waals surface area (Å²) in [5, 5.41) is 7.65. The van der Waals surface area contributed by atoms with E-state index >= 15 is 0 Å². The minimum atomic E-state index is 1.09. The molecule has 2 aromatic heterocycles.